The number of carbonyl (C=O) groups excluding carboxylic acids is 1. The molecule has 1 heterocycles. The highest BCUT2D eigenvalue weighted by Gasteiger charge is 2.24. The van der Waals surface area contributed by atoms with E-state index in [0.29, 0.717) is 18.1 Å². The van der Waals surface area contributed by atoms with E-state index in [0.717, 1.165) is 49.2 Å². The third kappa shape index (κ3) is 7.30. The number of hydrazine groups is 1. The number of urea groups is 1. The maximum atomic E-state index is 12.0. The number of nitrogens with one attached hydrogen (secondary N) is 2. The number of nitriles is 1. The van der Waals surface area contributed by atoms with Gasteiger partial charge in [-0.15, -0.1) is 0 Å². The number of carbonyl (C=O) groups is 1. The van der Waals surface area contributed by atoms with Gasteiger partial charge >= 0.3 is 6.03 Å². The van der Waals surface area contributed by atoms with E-state index in [4.69, 9.17) is 10.00 Å². The van der Waals surface area contributed by atoms with E-state index in [2.05, 4.69) is 16.8 Å². The summed E-state index contributed by atoms with van der Waals surface area (Å²) < 4.78 is 5.90. The lowest BCUT2D eigenvalue weighted by atomic mass is 10.0. The summed E-state index contributed by atoms with van der Waals surface area (Å²) >= 11 is 0. The van der Waals surface area contributed by atoms with Crippen molar-refractivity contribution in [3.05, 3.63) is 54.1 Å². The fourth-order valence-electron chi connectivity index (χ4n) is 3.72. The summed E-state index contributed by atoms with van der Waals surface area (Å²) in [7, 11) is 0. The van der Waals surface area contributed by atoms with Crippen molar-refractivity contribution in [2.24, 2.45) is 5.92 Å². The summed E-state index contributed by atoms with van der Waals surface area (Å²) in [6.07, 6.45) is 3.17. The van der Waals surface area contributed by atoms with Gasteiger partial charge in [-0.1, -0.05) is 24.3 Å². The molecular weight excluding hydrogens is 388 g/mol. The Hall–Kier alpha value is -3.04. The number of ether oxygens (including phenoxy) is 1. The Labute approximate surface area is 185 Å². The van der Waals surface area contributed by atoms with Crippen molar-refractivity contribution in [1.82, 2.24) is 15.8 Å². The summed E-state index contributed by atoms with van der Waals surface area (Å²) in [4.78, 5) is 12.0. The van der Waals surface area contributed by atoms with Crippen LogP contribution in [0.5, 0.6) is 5.75 Å². The van der Waals surface area contributed by atoms with Gasteiger partial charge < -0.3 is 10.1 Å². The first-order valence-corrected chi connectivity index (χ1v) is 10.9. The highest BCUT2D eigenvalue weighted by atomic mass is 16.5. The van der Waals surface area contributed by atoms with Crippen LogP contribution in [0.2, 0.25) is 0 Å². The van der Waals surface area contributed by atoms with Gasteiger partial charge in [0, 0.05) is 18.6 Å². The van der Waals surface area contributed by atoms with Gasteiger partial charge in [-0.05, 0) is 81.3 Å². The van der Waals surface area contributed by atoms with E-state index >= 15 is 0 Å². The Morgan fingerprint density at radius 2 is 1.77 bits per heavy atom. The fraction of sp³-hybridized carbons (Fsp3) is 0.440. The van der Waals surface area contributed by atoms with Gasteiger partial charge in [0.1, 0.15) is 5.75 Å². The molecular formula is C25H32N4O2. The molecule has 2 N–H and O–H groups in total. The lowest BCUT2D eigenvalue weighted by molar-refractivity contribution is 0.186. The van der Waals surface area contributed by atoms with Crippen molar-refractivity contribution in [3.8, 4) is 22.9 Å². The Bertz CT molecular complexity index is 895. The van der Waals surface area contributed by atoms with Crippen LogP contribution in [-0.2, 0) is 0 Å². The molecule has 6 nitrogen and oxygen atoms in total. The van der Waals surface area contributed by atoms with Crippen LogP contribution >= 0.6 is 0 Å². The Balaban J connectivity index is 1.35. The molecule has 31 heavy (non-hydrogen) atoms. The van der Waals surface area contributed by atoms with Crippen LogP contribution < -0.4 is 15.5 Å². The summed E-state index contributed by atoms with van der Waals surface area (Å²) in [5, 5.41) is 13.8. The van der Waals surface area contributed by atoms with Gasteiger partial charge in [0.25, 0.3) is 0 Å². The van der Waals surface area contributed by atoms with Gasteiger partial charge in [-0.2, -0.15) is 5.26 Å². The number of hydrogen-bond acceptors (Lipinski definition) is 4. The maximum absolute atomic E-state index is 12.0. The van der Waals surface area contributed by atoms with Crippen LogP contribution in [0.3, 0.4) is 0 Å². The standard InChI is InChI=1S/C25H32N4O2/c1-25(2,3)27-24(30)28-29-15-14-20(18-29)5-4-16-31-23-12-10-22(11-13-23)21-8-6-19(17-26)7-9-21/h6-13,20H,4-5,14-16,18H2,1-3H3,(H2,27,28,30)/t20-/m1/s1. The van der Waals surface area contributed by atoms with Crippen LogP contribution in [-0.4, -0.2) is 36.3 Å². The Kier molecular flexibility index (Phi) is 7.54. The van der Waals surface area contributed by atoms with Gasteiger partial charge in [-0.25, -0.2) is 9.80 Å². The minimum atomic E-state index is -0.235. The minimum Gasteiger partial charge on any atom is -0.494 e. The van der Waals surface area contributed by atoms with E-state index in [-0.39, 0.29) is 11.6 Å². The molecule has 1 fully saturated rings. The van der Waals surface area contributed by atoms with Crippen molar-refractivity contribution in [2.45, 2.75) is 45.6 Å². The van der Waals surface area contributed by atoms with Crippen LogP contribution in [0.4, 0.5) is 4.79 Å². The first-order chi connectivity index (χ1) is 14.8. The number of rotatable bonds is 7. The largest absolute Gasteiger partial charge is 0.494 e. The molecule has 0 bridgehead atoms. The van der Waals surface area contributed by atoms with Crippen molar-refractivity contribution in [3.63, 3.8) is 0 Å². The van der Waals surface area contributed by atoms with Gasteiger partial charge in [0.15, 0.2) is 0 Å². The van der Waals surface area contributed by atoms with Crippen LogP contribution in [0.15, 0.2) is 48.5 Å². The summed E-state index contributed by atoms with van der Waals surface area (Å²) in [6.45, 7) is 8.38. The van der Waals surface area contributed by atoms with E-state index < -0.39 is 0 Å². The van der Waals surface area contributed by atoms with Gasteiger partial charge in [-0.3, -0.25) is 5.43 Å². The molecule has 0 unspecified atom stereocenters. The first kappa shape index (κ1) is 22.6. The highest BCUT2D eigenvalue weighted by molar-refractivity contribution is 5.74. The second kappa shape index (κ2) is 10.3. The molecule has 0 radical (unpaired) electrons. The fourth-order valence-corrected chi connectivity index (χ4v) is 3.72. The lowest BCUT2D eigenvalue weighted by Crippen LogP contribution is -2.51. The molecule has 0 spiro atoms. The van der Waals surface area contributed by atoms with Crippen LogP contribution in [0.25, 0.3) is 11.1 Å². The number of nitrogens with zero attached hydrogens (tertiary/aromatic N) is 2. The second-order valence-electron chi connectivity index (χ2n) is 9.12. The lowest BCUT2D eigenvalue weighted by Gasteiger charge is -2.24. The molecule has 1 aliphatic rings. The SMILES string of the molecule is CC(C)(C)NC(=O)NN1CC[C@@H](CCCOc2ccc(-c3ccc(C#N)cc3)cc2)C1. The first-order valence-electron chi connectivity index (χ1n) is 10.9. The van der Waals surface area contributed by atoms with Crippen LogP contribution in [0, 0.1) is 17.2 Å². The molecule has 0 saturated carbocycles. The van der Waals surface area contributed by atoms with E-state index in [1.54, 1.807) is 0 Å². The zero-order valence-corrected chi connectivity index (χ0v) is 18.6. The molecule has 2 aromatic rings. The second-order valence-corrected chi connectivity index (χ2v) is 9.12. The molecule has 1 saturated heterocycles. The molecule has 1 atom stereocenters. The van der Waals surface area contributed by atoms with E-state index in [9.17, 15) is 4.79 Å². The Morgan fingerprint density at radius 3 is 2.39 bits per heavy atom. The third-order valence-electron chi connectivity index (χ3n) is 5.26. The average molecular weight is 421 g/mol. The summed E-state index contributed by atoms with van der Waals surface area (Å²) in [5.41, 5.74) is 5.56. The molecule has 3 rings (SSSR count). The third-order valence-corrected chi connectivity index (χ3v) is 5.26. The van der Waals surface area contributed by atoms with Crippen molar-refractivity contribution < 1.29 is 9.53 Å². The topological polar surface area (TPSA) is 77.4 Å². The van der Waals surface area contributed by atoms with Gasteiger partial charge in [0.2, 0.25) is 0 Å². The average Bonchev–Trinajstić information content (AvgIpc) is 3.17. The number of benzene rings is 2. The molecule has 164 valence electrons. The molecule has 2 amide bonds. The van der Waals surface area contributed by atoms with Crippen molar-refractivity contribution in [2.75, 3.05) is 19.7 Å². The zero-order chi connectivity index (χ0) is 22.3. The predicted molar refractivity (Wildman–Crippen MR) is 122 cm³/mol. The van der Waals surface area contributed by atoms with E-state index in [1.165, 1.54) is 0 Å². The predicted octanol–water partition coefficient (Wildman–Crippen LogP) is 4.72. The molecule has 1 aliphatic heterocycles. The maximum Gasteiger partial charge on any atom is 0.329 e. The van der Waals surface area contributed by atoms with Crippen LogP contribution in [0.1, 0.15) is 45.6 Å². The van der Waals surface area contributed by atoms with Gasteiger partial charge in [0.05, 0.1) is 18.2 Å². The summed E-state index contributed by atoms with van der Waals surface area (Å²) in [5.74, 6) is 1.45. The highest BCUT2D eigenvalue weighted by Crippen LogP contribution is 2.24. The minimum absolute atomic E-state index is 0.138. The van der Waals surface area contributed by atoms with Crippen molar-refractivity contribution in [1.29, 1.82) is 5.26 Å². The normalized spacial score (nSPS) is 16.5. The molecule has 6 heteroatoms. The monoisotopic (exact) mass is 420 g/mol. The quantitative estimate of drug-likeness (QED) is 0.636. The Morgan fingerprint density at radius 1 is 1.13 bits per heavy atom. The van der Waals surface area contributed by atoms with Crippen molar-refractivity contribution >= 4 is 6.03 Å². The smallest absolute Gasteiger partial charge is 0.329 e. The number of hydrogen-bond donors (Lipinski definition) is 2. The molecule has 0 aromatic heterocycles. The molecule has 0 aliphatic carbocycles. The number of amides is 2. The van der Waals surface area contributed by atoms with E-state index in [1.807, 2.05) is 74.3 Å². The molecule has 2 aromatic carbocycles. The zero-order valence-electron chi connectivity index (χ0n) is 18.6. The summed E-state index contributed by atoms with van der Waals surface area (Å²) in [6, 6.07) is 17.6.